The highest BCUT2D eigenvalue weighted by Gasteiger charge is 2.46. The van der Waals surface area contributed by atoms with Crippen molar-refractivity contribution in [3.63, 3.8) is 0 Å². The number of aromatic nitrogens is 5. The van der Waals surface area contributed by atoms with Gasteiger partial charge in [0.15, 0.2) is 11.2 Å². The van der Waals surface area contributed by atoms with E-state index in [1.165, 1.54) is 0 Å². The normalized spacial score (nSPS) is 22.5. The van der Waals surface area contributed by atoms with E-state index in [9.17, 15) is 13.2 Å². The summed E-state index contributed by atoms with van der Waals surface area (Å²) < 4.78 is 36.2. The van der Waals surface area contributed by atoms with Crippen LogP contribution in [0.15, 0.2) is 18.5 Å². The summed E-state index contributed by atoms with van der Waals surface area (Å²) in [5.74, 6) is -0.0338. The molecule has 4 heterocycles. The molecular weight excluding hydrogens is 500 g/mol. The largest absolute Gasteiger partial charge is 0.480 e. The molecule has 1 aliphatic heterocycles. The molecular formula is C23H30N8O5S. The molecule has 0 unspecified atom stereocenters. The monoisotopic (exact) mass is 530 g/mol. The second-order valence-corrected chi connectivity index (χ2v) is 11.3. The highest BCUT2D eigenvalue weighted by atomic mass is 32.2. The van der Waals surface area contributed by atoms with Gasteiger partial charge in [-0.3, -0.25) is 8.98 Å². The molecule has 13 nitrogen and oxygen atoms in total. The average Bonchev–Trinajstić information content (AvgIpc) is 3.26. The van der Waals surface area contributed by atoms with Crippen LogP contribution in [0.4, 0.5) is 11.6 Å². The van der Waals surface area contributed by atoms with Crippen molar-refractivity contribution in [1.29, 1.82) is 0 Å². The molecule has 3 N–H and O–H groups in total. The lowest BCUT2D eigenvalue weighted by Gasteiger charge is -2.37. The minimum absolute atomic E-state index is 0.0645. The lowest BCUT2D eigenvalue weighted by atomic mass is 9.81. The van der Waals surface area contributed by atoms with E-state index in [2.05, 4.69) is 37.3 Å². The first-order chi connectivity index (χ1) is 17.6. The van der Waals surface area contributed by atoms with Crippen molar-refractivity contribution in [1.82, 2.24) is 29.6 Å². The van der Waals surface area contributed by atoms with Gasteiger partial charge in [0.25, 0.3) is 16.0 Å². The van der Waals surface area contributed by atoms with Crippen LogP contribution in [0.25, 0.3) is 11.0 Å². The zero-order valence-corrected chi connectivity index (χ0v) is 21.8. The first-order valence-corrected chi connectivity index (χ1v) is 13.8. The van der Waals surface area contributed by atoms with Crippen molar-refractivity contribution in [2.24, 2.45) is 5.73 Å². The topological polar surface area (TPSA) is 167 Å². The second kappa shape index (κ2) is 9.50. The van der Waals surface area contributed by atoms with Gasteiger partial charge in [0.05, 0.1) is 36.7 Å². The van der Waals surface area contributed by atoms with E-state index in [-0.39, 0.29) is 18.9 Å². The van der Waals surface area contributed by atoms with Crippen molar-refractivity contribution in [3.8, 4) is 5.88 Å². The number of amides is 1. The molecule has 1 amide bonds. The lowest BCUT2D eigenvalue weighted by molar-refractivity contribution is -0.137. The van der Waals surface area contributed by atoms with Crippen LogP contribution in [-0.4, -0.2) is 76.5 Å². The smallest absolute Gasteiger partial charge is 0.265 e. The molecule has 2 atom stereocenters. The molecule has 1 saturated carbocycles. The average molecular weight is 531 g/mol. The van der Waals surface area contributed by atoms with Crippen molar-refractivity contribution < 1.29 is 22.1 Å². The highest BCUT2D eigenvalue weighted by molar-refractivity contribution is 7.86. The fourth-order valence-corrected chi connectivity index (χ4v) is 5.98. The molecule has 198 valence electrons. The zero-order chi connectivity index (χ0) is 26.4. The van der Waals surface area contributed by atoms with Crippen LogP contribution in [0.2, 0.25) is 0 Å². The number of pyridine rings is 1. The summed E-state index contributed by atoms with van der Waals surface area (Å²) >= 11 is 0. The van der Waals surface area contributed by atoms with Gasteiger partial charge in [0.2, 0.25) is 11.8 Å². The van der Waals surface area contributed by atoms with Crippen molar-refractivity contribution in [2.75, 3.05) is 32.3 Å². The number of nitrogens with two attached hydrogens (primary N) is 1. The Morgan fingerprint density at radius 3 is 2.84 bits per heavy atom. The summed E-state index contributed by atoms with van der Waals surface area (Å²) in [7, 11) is -0.270. The summed E-state index contributed by atoms with van der Waals surface area (Å²) in [6.07, 6.45) is 6.52. The number of fused-ring (bicyclic) bond motifs is 2. The molecule has 0 radical (unpaired) electrons. The van der Waals surface area contributed by atoms with Gasteiger partial charge in [-0.1, -0.05) is 0 Å². The second-order valence-electron chi connectivity index (χ2n) is 9.72. The number of methoxy groups -OCH3 is 1. The fraction of sp³-hybridized carbons (Fsp3) is 0.522. The Balaban J connectivity index is 1.46. The van der Waals surface area contributed by atoms with E-state index in [0.717, 1.165) is 37.0 Å². The van der Waals surface area contributed by atoms with Gasteiger partial charge in [-0.15, -0.1) is 0 Å². The third-order valence-electron chi connectivity index (χ3n) is 6.89. The van der Waals surface area contributed by atoms with Gasteiger partial charge in [-0.2, -0.15) is 18.5 Å². The molecule has 0 saturated heterocycles. The molecule has 0 spiro atoms. The molecule has 0 bridgehead atoms. The van der Waals surface area contributed by atoms with E-state index in [1.807, 2.05) is 6.07 Å². The van der Waals surface area contributed by atoms with Crippen LogP contribution in [-0.2, 0) is 32.1 Å². The van der Waals surface area contributed by atoms with E-state index < -0.39 is 21.6 Å². The Labute approximate surface area is 214 Å². The van der Waals surface area contributed by atoms with Crippen LogP contribution in [0.3, 0.4) is 0 Å². The van der Waals surface area contributed by atoms with E-state index >= 15 is 0 Å². The SMILES string of the molecule is COc1nc2c(cc1Nc1ncc3cnn([C@@H]4CCC[C@](OS(C)(=O)=O)(C(N)=O)C4)c3n1)CN(C)CC2. The van der Waals surface area contributed by atoms with Gasteiger partial charge in [0.1, 0.15) is 5.69 Å². The van der Waals surface area contributed by atoms with Crippen LogP contribution < -0.4 is 15.8 Å². The molecule has 5 rings (SSSR count). The maximum absolute atomic E-state index is 12.3. The third kappa shape index (κ3) is 5.08. The molecule has 0 aromatic carbocycles. The minimum atomic E-state index is -3.91. The molecule has 14 heteroatoms. The number of ether oxygens (including phenoxy) is 1. The Morgan fingerprint density at radius 1 is 1.30 bits per heavy atom. The summed E-state index contributed by atoms with van der Waals surface area (Å²) in [5.41, 5.74) is 7.30. The number of nitrogens with zero attached hydrogens (tertiary/aromatic N) is 6. The molecule has 3 aromatic heterocycles. The Morgan fingerprint density at radius 2 is 2.11 bits per heavy atom. The minimum Gasteiger partial charge on any atom is -0.480 e. The van der Waals surface area contributed by atoms with Gasteiger partial charge in [-0.05, 0) is 37.9 Å². The number of carbonyl (C=O) groups excluding carboxylic acids is 1. The zero-order valence-electron chi connectivity index (χ0n) is 21.0. The maximum Gasteiger partial charge on any atom is 0.265 e. The Hall–Kier alpha value is -3.36. The van der Waals surface area contributed by atoms with Crippen LogP contribution in [0.5, 0.6) is 5.88 Å². The van der Waals surface area contributed by atoms with Gasteiger partial charge in [-0.25, -0.2) is 14.6 Å². The number of hydrogen-bond acceptors (Lipinski definition) is 11. The van der Waals surface area contributed by atoms with Gasteiger partial charge < -0.3 is 20.7 Å². The number of anilines is 2. The summed E-state index contributed by atoms with van der Waals surface area (Å²) in [5, 5.41) is 8.39. The van der Waals surface area contributed by atoms with Crippen molar-refractivity contribution in [3.05, 3.63) is 29.7 Å². The van der Waals surface area contributed by atoms with Crippen molar-refractivity contribution in [2.45, 2.75) is 50.3 Å². The third-order valence-corrected chi connectivity index (χ3v) is 7.51. The first kappa shape index (κ1) is 25.3. The quantitative estimate of drug-likeness (QED) is 0.422. The molecule has 1 fully saturated rings. The van der Waals surface area contributed by atoms with Crippen LogP contribution in [0, 0.1) is 0 Å². The van der Waals surface area contributed by atoms with Crippen LogP contribution >= 0.6 is 0 Å². The van der Waals surface area contributed by atoms with E-state index in [4.69, 9.17) is 14.7 Å². The fourth-order valence-electron chi connectivity index (χ4n) is 5.17. The molecule has 1 aliphatic carbocycles. The number of hydrogen-bond donors (Lipinski definition) is 2. The number of rotatable bonds is 7. The van der Waals surface area contributed by atoms with Gasteiger partial charge >= 0.3 is 0 Å². The molecule has 3 aromatic rings. The Kier molecular flexibility index (Phi) is 6.50. The summed E-state index contributed by atoms with van der Waals surface area (Å²) in [6.45, 7) is 1.72. The highest BCUT2D eigenvalue weighted by Crippen LogP contribution is 2.40. The predicted octanol–water partition coefficient (Wildman–Crippen LogP) is 1.28. The maximum atomic E-state index is 12.3. The predicted molar refractivity (Wildman–Crippen MR) is 135 cm³/mol. The van der Waals surface area contributed by atoms with E-state index in [1.54, 1.807) is 24.2 Å². The van der Waals surface area contributed by atoms with Crippen molar-refractivity contribution >= 4 is 38.7 Å². The number of nitrogens with one attached hydrogen (secondary N) is 1. The standard InChI is InChI=1S/C23H30N8O5S/c1-30-8-6-17-14(13-30)9-18(20(27-17)35-2)28-22-25-11-15-12-26-31(19(15)29-22)16-5-4-7-23(10-16,21(24)32)36-37(3,33)34/h9,11-12,16H,4-8,10,13H2,1-3H3,(H2,24,32)(H,25,28,29)/t16-,23-/m1/s1. The molecule has 37 heavy (non-hydrogen) atoms. The van der Waals surface area contributed by atoms with Crippen LogP contribution in [0.1, 0.15) is 43.0 Å². The number of primary amides is 1. The first-order valence-electron chi connectivity index (χ1n) is 12.0. The summed E-state index contributed by atoms with van der Waals surface area (Å²) in [4.78, 5) is 28.3. The number of carbonyl (C=O) groups is 1. The van der Waals surface area contributed by atoms with Gasteiger partial charge in [0, 0.05) is 32.1 Å². The lowest BCUT2D eigenvalue weighted by Crippen LogP contribution is -2.51. The Bertz CT molecular complexity index is 1460. The molecule has 2 aliphatic rings. The van der Waals surface area contributed by atoms with E-state index in [0.29, 0.717) is 41.4 Å². The number of likely N-dealkylation sites (N-methyl/N-ethyl adjacent to an activating group) is 1. The summed E-state index contributed by atoms with van der Waals surface area (Å²) in [6, 6.07) is 1.66.